The van der Waals surface area contributed by atoms with Gasteiger partial charge in [0, 0.05) is 20.1 Å². The Labute approximate surface area is 104 Å². The number of anilines is 2. The molecule has 0 aliphatic carbocycles. The highest BCUT2D eigenvalue weighted by atomic mass is 16.2. The van der Waals surface area contributed by atoms with E-state index in [0.29, 0.717) is 25.3 Å². The van der Waals surface area contributed by atoms with Crippen molar-refractivity contribution in [1.82, 2.24) is 15.3 Å². The van der Waals surface area contributed by atoms with E-state index in [2.05, 4.69) is 15.3 Å². The van der Waals surface area contributed by atoms with Crippen molar-refractivity contribution in [3.63, 3.8) is 0 Å². The zero-order valence-corrected chi connectivity index (χ0v) is 10.5. The Morgan fingerprint density at radius 3 is 3.06 bits per heavy atom. The normalized spacial score (nSPS) is 23.1. The van der Waals surface area contributed by atoms with Crippen molar-refractivity contribution in [2.24, 2.45) is 5.41 Å². The summed E-state index contributed by atoms with van der Waals surface area (Å²) in [6.07, 6.45) is 2.03. The zero-order chi connectivity index (χ0) is 13.3. The lowest BCUT2D eigenvalue weighted by molar-refractivity contribution is -0.128. The van der Waals surface area contributed by atoms with Gasteiger partial charge in [0.2, 0.25) is 5.91 Å². The summed E-state index contributed by atoms with van der Waals surface area (Å²) >= 11 is 0. The first kappa shape index (κ1) is 12.4. The van der Waals surface area contributed by atoms with Gasteiger partial charge in [0.15, 0.2) is 5.82 Å². The molecule has 0 spiro atoms. The molecule has 1 saturated heterocycles. The Morgan fingerprint density at radius 2 is 2.39 bits per heavy atom. The van der Waals surface area contributed by atoms with E-state index in [0.717, 1.165) is 0 Å². The first-order chi connectivity index (χ1) is 8.48. The van der Waals surface area contributed by atoms with Crippen molar-refractivity contribution < 1.29 is 4.79 Å². The Balaban J connectivity index is 2.26. The number of H-pyrrole nitrogens is 1. The average Bonchev–Trinajstić information content (AvgIpc) is 2.75. The number of carbonyl (C=O) groups excluding carboxylic acids is 1. The molecule has 0 saturated carbocycles. The maximum absolute atomic E-state index is 11.8. The summed E-state index contributed by atoms with van der Waals surface area (Å²) < 4.78 is 0. The van der Waals surface area contributed by atoms with Gasteiger partial charge in [0.05, 0.1) is 11.7 Å². The monoisotopic (exact) mass is 251 g/mol. The molecule has 7 heteroatoms. The van der Waals surface area contributed by atoms with Crippen molar-refractivity contribution >= 4 is 17.4 Å². The molecule has 1 fully saturated rings. The molecule has 4 N–H and O–H groups in total. The summed E-state index contributed by atoms with van der Waals surface area (Å²) in [5.41, 5.74) is 4.99. The first-order valence-corrected chi connectivity index (χ1v) is 5.78. The lowest BCUT2D eigenvalue weighted by Crippen LogP contribution is -2.39. The number of amides is 1. The molecule has 1 atom stereocenters. The first-order valence-electron chi connectivity index (χ1n) is 5.78. The van der Waals surface area contributed by atoms with Gasteiger partial charge in [-0.15, -0.1) is 0 Å². The number of hydrogen-bond acceptors (Lipinski definition) is 5. The van der Waals surface area contributed by atoms with Crippen LogP contribution in [0.5, 0.6) is 0 Å². The van der Waals surface area contributed by atoms with E-state index in [4.69, 9.17) is 5.73 Å². The molecular formula is C11H17N5O2. The SMILES string of the molecule is CNC(=O)C1(C)CCN(c2nc[nH]c(=O)c2N)C1. The second-order valence-corrected chi connectivity index (χ2v) is 4.78. The number of nitrogens with one attached hydrogen (secondary N) is 2. The van der Waals surface area contributed by atoms with Crippen LogP contribution in [0.1, 0.15) is 13.3 Å². The Morgan fingerprint density at radius 1 is 1.67 bits per heavy atom. The third-order valence-corrected chi connectivity index (χ3v) is 3.42. The zero-order valence-electron chi connectivity index (χ0n) is 10.5. The van der Waals surface area contributed by atoms with Crippen LogP contribution in [-0.4, -0.2) is 36.0 Å². The van der Waals surface area contributed by atoms with Crippen LogP contribution < -0.4 is 21.5 Å². The summed E-state index contributed by atoms with van der Waals surface area (Å²) in [6.45, 7) is 3.06. The van der Waals surface area contributed by atoms with Crippen LogP contribution in [0.15, 0.2) is 11.1 Å². The highest BCUT2D eigenvalue weighted by molar-refractivity contribution is 5.83. The van der Waals surface area contributed by atoms with Crippen molar-refractivity contribution in [3.8, 4) is 0 Å². The lowest BCUT2D eigenvalue weighted by atomic mass is 9.89. The van der Waals surface area contributed by atoms with E-state index in [1.54, 1.807) is 7.05 Å². The molecule has 1 aromatic rings. The highest BCUT2D eigenvalue weighted by Crippen LogP contribution is 2.33. The van der Waals surface area contributed by atoms with E-state index < -0.39 is 5.41 Å². The fraction of sp³-hybridized carbons (Fsp3) is 0.545. The van der Waals surface area contributed by atoms with Gasteiger partial charge in [-0.2, -0.15) is 0 Å². The van der Waals surface area contributed by atoms with E-state index >= 15 is 0 Å². The maximum atomic E-state index is 11.8. The van der Waals surface area contributed by atoms with E-state index in [-0.39, 0.29) is 17.2 Å². The van der Waals surface area contributed by atoms with Gasteiger partial charge in [-0.3, -0.25) is 9.59 Å². The van der Waals surface area contributed by atoms with Crippen molar-refractivity contribution in [3.05, 3.63) is 16.7 Å². The van der Waals surface area contributed by atoms with Crippen LogP contribution in [0.4, 0.5) is 11.5 Å². The molecule has 1 unspecified atom stereocenters. The summed E-state index contributed by atoms with van der Waals surface area (Å²) in [7, 11) is 1.62. The molecular weight excluding hydrogens is 234 g/mol. The molecule has 0 radical (unpaired) electrons. The standard InChI is InChI=1S/C11H17N5O2/c1-11(10(18)13-2)3-4-16(5-11)8-7(12)9(17)15-6-14-8/h6H,3-5,12H2,1-2H3,(H,13,18)(H,14,15,17). The van der Waals surface area contributed by atoms with Crippen LogP contribution in [0.25, 0.3) is 0 Å². The highest BCUT2D eigenvalue weighted by Gasteiger charge is 2.40. The predicted molar refractivity (Wildman–Crippen MR) is 68.3 cm³/mol. The smallest absolute Gasteiger partial charge is 0.276 e. The van der Waals surface area contributed by atoms with Gasteiger partial charge in [-0.1, -0.05) is 0 Å². The molecule has 1 aliphatic rings. The molecule has 0 aromatic carbocycles. The third kappa shape index (κ3) is 1.92. The van der Waals surface area contributed by atoms with Crippen LogP contribution >= 0.6 is 0 Å². The fourth-order valence-corrected chi connectivity index (χ4v) is 2.28. The Kier molecular flexibility index (Phi) is 2.98. The van der Waals surface area contributed by atoms with Crippen LogP contribution in [0, 0.1) is 5.41 Å². The predicted octanol–water partition coefficient (Wildman–Crippen LogP) is -0.685. The number of hydrogen-bond donors (Lipinski definition) is 3. The maximum Gasteiger partial charge on any atom is 0.276 e. The lowest BCUT2D eigenvalue weighted by Gasteiger charge is -2.23. The minimum Gasteiger partial charge on any atom is -0.391 e. The quantitative estimate of drug-likeness (QED) is 0.645. The average molecular weight is 251 g/mol. The van der Waals surface area contributed by atoms with Gasteiger partial charge in [0.1, 0.15) is 5.69 Å². The topological polar surface area (TPSA) is 104 Å². The summed E-state index contributed by atoms with van der Waals surface area (Å²) in [5.74, 6) is 0.444. The molecule has 2 rings (SSSR count). The molecule has 1 aromatic heterocycles. The van der Waals surface area contributed by atoms with Crippen LogP contribution in [-0.2, 0) is 4.79 Å². The molecule has 7 nitrogen and oxygen atoms in total. The van der Waals surface area contributed by atoms with Crippen molar-refractivity contribution in [1.29, 1.82) is 0 Å². The third-order valence-electron chi connectivity index (χ3n) is 3.42. The number of nitrogen functional groups attached to an aromatic ring is 1. The fourth-order valence-electron chi connectivity index (χ4n) is 2.28. The molecule has 18 heavy (non-hydrogen) atoms. The van der Waals surface area contributed by atoms with Crippen LogP contribution in [0.3, 0.4) is 0 Å². The Bertz CT molecular complexity index is 526. The van der Waals surface area contributed by atoms with E-state index in [1.165, 1.54) is 6.33 Å². The summed E-state index contributed by atoms with van der Waals surface area (Å²) in [4.78, 5) is 31.6. The summed E-state index contributed by atoms with van der Waals surface area (Å²) in [5, 5.41) is 2.66. The van der Waals surface area contributed by atoms with Gasteiger partial charge >= 0.3 is 0 Å². The second kappa shape index (κ2) is 4.32. The van der Waals surface area contributed by atoms with Crippen molar-refractivity contribution in [2.75, 3.05) is 30.8 Å². The van der Waals surface area contributed by atoms with Gasteiger partial charge in [-0.05, 0) is 13.3 Å². The van der Waals surface area contributed by atoms with E-state index in [1.807, 2.05) is 11.8 Å². The van der Waals surface area contributed by atoms with Gasteiger partial charge < -0.3 is 20.9 Å². The summed E-state index contributed by atoms with van der Waals surface area (Å²) in [6, 6.07) is 0. The minimum absolute atomic E-state index is 0.00610. The molecule has 1 amide bonds. The largest absolute Gasteiger partial charge is 0.391 e. The number of aromatic amines is 1. The van der Waals surface area contributed by atoms with E-state index in [9.17, 15) is 9.59 Å². The molecule has 0 bridgehead atoms. The Hall–Kier alpha value is -2.05. The number of rotatable bonds is 2. The molecule has 2 heterocycles. The number of nitrogens with two attached hydrogens (primary N) is 1. The minimum atomic E-state index is -0.467. The molecule has 1 aliphatic heterocycles. The number of aromatic nitrogens is 2. The van der Waals surface area contributed by atoms with Crippen LogP contribution in [0.2, 0.25) is 0 Å². The van der Waals surface area contributed by atoms with Crippen molar-refractivity contribution in [2.45, 2.75) is 13.3 Å². The van der Waals surface area contributed by atoms with Gasteiger partial charge in [-0.25, -0.2) is 4.98 Å². The number of nitrogens with zero attached hydrogens (tertiary/aromatic N) is 2. The second-order valence-electron chi connectivity index (χ2n) is 4.78. The number of carbonyl (C=O) groups is 1. The van der Waals surface area contributed by atoms with Gasteiger partial charge in [0.25, 0.3) is 5.56 Å². The molecule has 98 valence electrons.